The van der Waals surface area contributed by atoms with E-state index >= 15 is 0 Å². The Hall–Kier alpha value is -3.84. The molecule has 3 N–H and O–H groups in total. The van der Waals surface area contributed by atoms with Gasteiger partial charge in [-0.2, -0.15) is 0 Å². The molecule has 3 aromatic rings. The topological polar surface area (TPSA) is 99.3 Å². The van der Waals surface area contributed by atoms with Crippen molar-refractivity contribution < 1.29 is 4.79 Å². The molecule has 3 rings (SSSR count). The number of pyridine rings is 1. The summed E-state index contributed by atoms with van der Waals surface area (Å²) in [4.78, 5) is 30.6. The first kappa shape index (κ1) is 23.8. The number of para-hydroxylation sites is 1. The van der Waals surface area contributed by atoms with Crippen LogP contribution in [0.25, 0.3) is 16.5 Å². The fourth-order valence-corrected chi connectivity index (χ4v) is 3.98. The van der Waals surface area contributed by atoms with Crippen molar-refractivity contribution in [3.63, 3.8) is 0 Å². The Kier molecular flexibility index (Phi) is 7.35. The van der Waals surface area contributed by atoms with E-state index in [0.29, 0.717) is 29.0 Å². The highest BCUT2D eigenvalue weighted by molar-refractivity contribution is 6.20. The second kappa shape index (κ2) is 10.2. The van der Waals surface area contributed by atoms with E-state index in [4.69, 9.17) is 5.41 Å². The molecule has 33 heavy (non-hydrogen) atoms. The van der Waals surface area contributed by atoms with Gasteiger partial charge < -0.3 is 16.0 Å². The fraction of sp³-hybridized carbons (Fsp3) is 0.231. The largest absolute Gasteiger partial charge is 0.344 e. The molecule has 0 aliphatic heterocycles. The number of allylic oxidation sites excluding steroid dienone is 1. The lowest BCUT2D eigenvalue weighted by Crippen LogP contribution is -2.34. The molecule has 1 amide bonds. The lowest BCUT2D eigenvalue weighted by atomic mass is 10.0. The van der Waals surface area contributed by atoms with Crippen LogP contribution in [0.5, 0.6) is 0 Å². The first-order chi connectivity index (χ1) is 15.8. The van der Waals surface area contributed by atoms with Crippen LogP contribution < -0.4 is 16.2 Å². The van der Waals surface area contributed by atoms with Crippen LogP contribution in [-0.2, 0) is 11.3 Å². The molecule has 1 unspecified atom stereocenters. The third kappa shape index (κ3) is 4.83. The number of amides is 1. The van der Waals surface area contributed by atoms with Gasteiger partial charge in [-0.3, -0.25) is 19.1 Å². The molecule has 7 nitrogen and oxygen atoms in total. The highest BCUT2D eigenvalue weighted by atomic mass is 16.2. The van der Waals surface area contributed by atoms with Crippen molar-refractivity contribution in [2.75, 3.05) is 7.05 Å². The Morgan fingerprint density at radius 3 is 2.45 bits per heavy atom. The summed E-state index contributed by atoms with van der Waals surface area (Å²) in [6.45, 7) is 9.03. The molecule has 170 valence electrons. The SMILES string of the molecule is C=N/C(C)=C(/C(C)=N)C(=O)NC(C)c1cc2cccc(CNC)c2c(=O)n1-c1ccccc1. The van der Waals surface area contributed by atoms with Crippen molar-refractivity contribution >= 4 is 29.1 Å². The quantitative estimate of drug-likeness (QED) is 0.364. The van der Waals surface area contributed by atoms with Gasteiger partial charge in [-0.15, -0.1) is 0 Å². The predicted molar refractivity (Wildman–Crippen MR) is 135 cm³/mol. The summed E-state index contributed by atoms with van der Waals surface area (Å²) >= 11 is 0. The monoisotopic (exact) mass is 443 g/mol. The molecule has 2 aromatic carbocycles. The molecular formula is C26H29N5O2. The number of rotatable bonds is 8. The molecule has 1 atom stereocenters. The van der Waals surface area contributed by atoms with Crippen LogP contribution in [0, 0.1) is 5.41 Å². The number of carbonyl (C=O) groups excluding carboxylic acids is 1. The highest BCUT2D eigenvalue weighted by Crippen LogP contribution is 2.24. The van der Waals surface area contributed by atoms with Crippen LogP contribution in [0.2, 0.25) is 0 Å². The van der Waals surface area contributed by atoms with E-state index in [1.165, 1.54) is 6.92 Å². The highest BCUT2D eigenvalue weighted by Gasteiger charge is 2.22. The Labute approximate surface area is 193 Å². The van der Waals surface area contributed by atoms with E-state index in [-0.39, 0.29) is 16.8 Å². The summed E-state index contributed by atoms with van der Waals surface area (Å²) < 4.78 is 1.64. The molecule has 0 saturated heterocycles. The van der Waals surface area contributed by atoms with Crippen LogP contribution in [-0.4, -0.2) is 30.0 Å². The van der Waals surface area contributed by atoms with Crippen molar-refractivity contribution in [2.24, 2.45) is 4.99 Å². The van der Waals surface area contributed by atoms with Crippen LogP contribution >= 0.6 is 0 Å². The second-order valence-electron chi connectivity index (χ2n) is 7.90. The molecule has 1 aromatic heterocycles. The zero-order valence-corrected chi connectivity index (χ0v) is 19.4. The minimum Gasteiger partial charge on any atom is -0.344 e. The summed E-state index contributed by atoms with van der Waals surface area (Å²) in [6.07, 6.45) is 0. The maximum Gasteiger partial charge on any atom is 0.263 e. The molecule has 7 heteroatoms. The van der Waals surface area contributed by atoms with Gasteiger partial charge in [0, 0.05) is 23.6 Å². The molecule has 1 heterocycles. The summed E-state index contributed by atoms with van der Waals surface area (Å²) in [7, 11) is 1.84. The minimum absolute atomic E-state index is 0.0975. The van der Waals surface area contributed by atoms with Crippen molar-refractivity contribution in [3.8, 4) is 5.69 Å². The van der Waals surface area contributed by atoms with E-state index in [1.807, 2.05) is 68.6 Å². The van der Waals surface area contributed by atoms with Gasteiger partial charge in [-0.25, -0.2) is 0 Å². The minimum atomic E-state index is -0.519. The molecule has 0 aliphatic rings. The van der Waals surface area contributed by atoms with E-state index < -0.39 is 11.9 Å². The number of carbonyl (C=O) groups is 1. The summed E-state index contributed by atoms with van der Waals surface area (Å²) in [6, 6.07) is 16.6. The number of aliphatic imine (C=N–C) groups is 1. The number of hydrogen-bond donors (Lipinski definition) is 3. The van der Waals surface area contributed by atoms with E-state index in [1.54, 1.807) is 11.5 Å². The number of benzene rings is 2. The number of fused-ring (bicyclic) bond motifs is 1. The Balaban J connectivity index is 2.21. The summed E-state index contributed by atoms with van der Waals surface area (Å²) in [5, 5.41) is 15.5. The molecular weight excluding hydrogens is 414 g/mol. The van der Waals surface area contributed by atoms with Gasteiger partial charge in [-0.1, -0.05) is 36.4 Å². The van der Waals surface area contributed by atoms with E-state index in [2.05, 4.69) is 22.3 Å². The summed E-state index contributed by atoms with van der Waals surface area (Å²) in [5.41, 5.74) is 2.75. The molecule has 0 radical (unpaired) electrons. The predicted octanol–water partition coefficient (Wildman–Crippen LogP) is 3.90. The molecule has 0 fully saturated rings. The first-order valence-electron chi connectivity index (χ1n) is 10.7. The lowest BCUT2D eigenvalue weighted by molar-refractivity contribution is -0.117. The van der Waals surface area contributed by atoms with Gasteiger partial charge in [0.1, 0.15) is 0 Å². The fourth-order valence-electron chi connectivity index (χ4n) is 3.98. The lowest BCUT2D eigenvalue weighted by Gasteiger charge is -2.22. The normalized spacial score (nSPS) is 12.7. The Bertz CT molecular complexity index is 1310. The number of hydrogen-bond acceptors (Lipinski definition) is 5. The van der Waals surface area contributed by atoms with Crippen molar-refractivity contribution in [2.45, 2.75) is 33.4 Å². The van der Waals surface area contributed by atoms with Crippen molar-refractivity contribution in [1.29, 1.82) is 5.41 Å². The van der Waals surface area contributed by atoms with Crippen molar-refractivity contribution in [3.05, 3.63) is 87.5 Å². The molecule has 0 spiro atoms. The van der Waals surface area contributed by atoms with Crippen LogP contribution in [0.15, 0.2) is 75.7 Å². The summed E-state index contributed by atoms with van der Waals surface area (Å²) in [5.74, 6) is -0.434. The Morgan fingerprint density at radius 2 is 1.85 bits per heavy atom. The van der Waals surface area contributed by atoms with Gasteiger partial charge in [0.05, 0.1) is 22.7 Å². The molecule has 0 aliphatic carbocycles. The van der Waals surface area contributed by atoms with Crippen LogP contribution in [0.1, 0.15) is 38.1 Å². The maximum absolute atomic E-state index is 13.8. The van der Waals surface area contributed by atoms with Gasteiger partial charge in [0.25, 0.3) is 11.5 Å². The number of nitrogens with zero attached hydrogens (tertiary/aromatic N) is 2. The molecule has 0 saturated carbocycles. The zero-order valence-electron chi connectivity index (χ0n) is 19.4. The molecule has 0 bridgehead atoms. The number of aromatic nitrogens is 1. The maximum atomic E-state index is 13.8. The van der Waals surface area contributed by atoms with Crippen LogP contribution in [0.4, 0.5) is 0 Å². The van der Waals surface area contributed by atoms with E-state index in [9.17, 15) is 9.59 Å². The smallest absolute Gasteiger partial charge is 0.263 e. The van der Waals surface area contributed by atoms with Crippen molar-refractivity contribution in [1.82, 2.24) is 15.2 Å². The third-order valence-corrected chi connectivity index (χ3v) is 5.54. The second-order valence-corrected chi connectivity index (χ2v) is 7.90. The standard InChI is InChI=1S/C26H29N5O2/c1-16(27)23(18(3)29-5)25(32)30-17(2)22-14-19-10-9-11-20(15-28-4)24(19)26(33)31(22)21-12-7-6-8-13-21/h6-14,17,27-28H,5,15H2,1-4H3,(H,30,32)/b23-18-,27-16?. The van der Waals surface area contributed by atoms with Gasteiger partial charge in [0.2, 0.25) is 0 Å². The van der Waals surface area contributed by atoms with Gasteiger partial charge in [-0.05, 0) is 63.7 Å². The average Bonchev–Trinajstić information content (AvgIpc) is 2.79. The van der Waals surface area contributed by atoms with E-state index in [0.717, 1.165) is 10.9 Å². The zero-order chi connectivity index (χ0) is 24.1. The first-order valence-corrected chi connectivity index (χ1v) is 10.7. The van der Waals surface area contributed by atoms with Crippen LogP contribution in [0.3, 0.4) is 0 Å². The van der Waals surface area contributed by atoms with Gasteiger partial charge in [0.15, 0.2) is 0 Å². The third-order valence-electron chi connectivity index (χ3n) is 5.54. The average molecular weight is 444 g/mol. The Morgan fingerprint density at radius 1 is 1.15 bits per heavy atom. The van der Waals surface area contributed by atoms with Gasteiger partial charge >= 0.3 is 0 Å². The number of nitrogens with one attached hydrogen (secondary N) is 3.